The molecule has 0 spiro atoms. The molecule has 0 radical (unpaired) electrons. The third kappa shape index (κ3) is 6.92. The fourth-order valence-corrected chi connectivity index (χ4v) is 5.86. The smallest absolute Gasteiger partial charge is 0.353 e. The third-order valence-corrected chi connectivity index (χ3v) is 8.20. The van der Waals surface area contributed by atoms with Crippen LogP contribution in [0.25, 0.3) is 28.0 Å². The molecule has 3 aromatic heterocycles. The Morgan fingerprint density at radius 1 is 0.886 bits per heavy atom. The standard InChI is InChI=1S/C31H33F3N8O2/c32-31(33,34)20-37-30(44)39-25-7-3-6-22(15-25)26-19-36-28-16-24(18-38-42(26)28)23-8-9-27(35-17-23)40-10-12-41(13-11-40)29(43)14-21-4-1-2-5-21/h3,6-9,15-19,21H,1-2,4-5,10-14,20H2,(H2,37,39,44). The number of halogens is 3. The third-order valence-electron chi connectivity index (χ3n) is 8.20. The SMILES string of the molecule is O=C(NCC(F)(F)F)Nc1cccc(-c2cnc3cc(-c4ccc(N5CCN(C(=O)CC6CCCC6)CC5)nc4)cnn23)c1. The second kappa shape index (κ2) is 12.5. The van der Waals surface area contributed by atoms with E-state index in [4.69, 9.17) is 4.98 Å². The van der Waals surface area contributed by atoms with Crippen molar-refractivity contribution in [2.45, 2.75) is 38.3 Å². The Labute approximate surface area is 252 Å². The lowest BCUT2D eigenvalue weighted by Gasteiger charge is -2.36. The van der Waals surface area contributed by atoms with Gasteiger partial charge in [-0.05, 0) is 49.1 Å². The number of benzene rings is 1. The average molecular weight is 607 g/mol. The molecule has 13 heteroatoms. The molecule has 4 heterocycles. The number of nitrogens with one attached hydrogen (secondary N) is 2. The van der Waals surface area contributed by atoms with Crippen molar-refractivity contribution in [1.82, 2.24) is 29.8 Å². The molecule has 1 aliphatic carbocycles. The summed E-state index contributed by atoms with van der Waals surface area (Å²) in [6.45, 7) is 1.50. The molecule has 3 amide bonds. The number of pyridine rings is 1. The minimum Gasteiger partial charge on any atom is -0.353 e. The Morgan fingerprint density at radius 3 is 2.41 bits per heavy atom. The first-order valence-corrected chi connectivity index (χ1v) is 14.8. The minimum absolute atomic E-state index is 0.279. The second-order valence-electron chi connectivity index (χ2n) is 11.3. The highest BCUT2D eigenvalue weighted by molar-refractivity contribution is 5.90. The van der Waals surface area contributed by atoms with Gasteiger partial charge in [-0.3, -0.25) is 4.79 Å². The number of piperazine rings is 1. The number of rotatable bonds is 7. The van der Waals surface area contributed by atoms with E-state index >= 15 is 0 Å². The topological polar surface area (TPSA) is 108 Å². The Hall–Kier alpha value is -4.68. The van der Waals surface area contributed by atoms with Gasteiger partial charge in [-0.2, -0.15) is 18.3 Å². The van der Waals surface area contributed by atoms with Gasteiger partial charge in [0.2, 0.25) is 5.91 Å². The molecule has 44 heavy (non-hydrogen) atoms. The van der Waals surface area contributed by atoms with E-state index < -0.39 is 18.8 Å². The summed E-state index contributed by atoms with van der Waals surface area (Å²) in [5.41, 5.74) is 3.98. The molecular formula is C31H33F3N8O2. The van der Waals surface area contributed by atoms with Gasteiger partial charge in [-0.1, -0.05) is 25.0 Å². The van der Waals surface area contributed by atoms with Gasteiger partial charge in [-0.25, -0.2) is 19.3 Å². The van der Waals surface area contributed by atoms with Gasteiger partial charge in [0, 0.05) is 61.2 Å². The van der Waals surface area contributed by atoms with Crippen LogP contribution in [0, 0.1) is 5.92 Å². The number of alkyl halides is 3. The number of carbonyl (C=O) groups excluding carboxylic acids is 2. The molecule has 1 aliphatic heterocycles. The maximum atomic E-state index is 12.7. The molecule has 0 atom stereocenters. The summed E-state index contributed by atoms with van der Waals surface area (Å²) in [5.74, 6) is 1.71. The zero-order chi connectivity index (χ0) is 30.7. The lowest BCUT2D eigenvalue weighted by Crippen LogP contribution is -2.49. The van der Waals surface area contributed by atoms with Crippen molar-refractivity contribution < 1.29 is 22.8 Å². The molecule has 1 saturated heterocycles. The van der Waals surface area contributed by atoms with Crippen molar-refractivity contribution in [3.63, 3.8) is 0 Å². The molecule has 10 nitrogen and oxygen atoms in total. The molecule has 2 N–H and O–H groups in total. The molecule has 4 aromatic rings. The molecule has 230 valence electrons. The normalized spacial score (nSPS) is 16.0. The highest BCUT2D eigenvalue weighted by Crippen LogP contribution is 2.29. The quantitative estimate of drug-likeness (QED) is 0.293. The Bertz CT molecular complexity index is 1630. The van der Waals surface area contributed by atoms with Crippen LogP contribution in [0.15, 0.2) is 61.1 Å². The fraction of sp³-hybridized carbons (Fsp3) is 0.387. The average Bonchev–Trinajstić information content (AvgIpc) is 3.70. The van der Waals surface area contributed by atoms with Crippen LogP contribution in [0.5, 0.6) is 0 Å². The maximum absolute atomic E-state index is 12.7. The van der Waals surface area contributed by atoms with Crippen molar-refractivity contribution in [1.29, 1.82) is 0 Å². The van der Waals surface area contributed by atoms with Crippen LogP contribution in [0.1, 0.15) is 32.1 Å². The van der Waals surface area contributed by atoms with E-state index in [-0.39, 0.29) is 5.91 Å². The molecular weight excluding hydrogens is 573 g/mol. The molecule has 1 aromatic carbocycles. The van der Waals surface area contributed by atoms with Crippen LogP contribution < -0.4 is 15.5 Å². The molecule has 2 fully saturated rings. The predicted molar refractivity (Wildman–Crippen MR) is 160 cm³/mol. The van der Waals surface area contributed by atoms with Crippen molar-refractivity contribution in [3.05, 3.63) is 61.1 Å². The summed E-state index contributed by atoms with van der Waals surface area (Å²) in [6, 6.07) is 11.6. The van der Waals surface area contributed by atoms with Crippen molar-refractivity contribution in [3.8, 4) is 22.4 Å². The number of imidazole rings is 1. The number of hydrogen-bond donors (Lipinski definition) is 2. The summed E-state index contributed by atoms with van der Waals surface area (Å²) >= 11 is 0. The lowest BCUT2D eigenvalue weighted by molar-refractivity contribution is -0.132. The molecule has 2 aliphatic rings. The van der Waals surface area contributed by atoms with E-state index in [2.05, 4.69) is 20.3 Å². The number of anilines is 2. The number of hydrogen-bond acceptors (Lipinski definition) is 6. The summed E-state index contributed by atoms with van der Waals surface area (Å²) in [6.07, 6.45) is 6.21. The second-order valence-corrected chi connectivity index (χ2v) is 11.3. The van der Waals surface area contributed by atoms with Gasteiger partial charge >= 0.3 is 12.2 Å². The fourth-order valence-electron chi connectivity index (χ4n) is 5.86. The van der Waals surface area contributed by atoms with E-state index in [0.717, 1.165) is 30.0 Å². The van der Waals surface area contributed by atoms with Crippen LogP contribution >= 0.6 is 0 Å². The van der Waals surface area contributed by atoms with Crippen molar-refractivity contribution >= 4 is 29.1 Å². The van der Waals surface area contributed by atoms with Gasteiger partial charge in [0.1, 0.15) is 12.4 Å². The van der Waals surface area contributed by atoms with Crippen molar-refractivity contribution in [2.75, 3.05) is 42.9 Å². The van der Waals surface area contributed by atoms with E-state index in [1.807, 2.05) is 29.3 Å². The predicted octanol–water partition coefficient (Wildman–Crippen LogP) is 5.37. The monoisotopic (exact) mass is 606 g/mol. The zero-order valence-corrected chi connectivity index (χ0v) is 24.1. The van der Waals surface area contributed by atoms with E-state index in [1.165, 1.54) is 25.7 Å². The summed E-state index contributed by atoms with van der Waals surface area (Å²) in [5, 5.41) is 8.77. The lowest BCUT2D eigenvalue weighted by atomic mass is 10.0. The number of urea groups is 1. The van der Waals surface area contributed by atoms with Gasteiger partial charge in [-0.15, -0.1) is 0 Å². The zero-order valence-electron chi connectivity index (χ0n) is 24.1. The van der Waals surface area contributed by atoms with Crippen LogP contribution in [0.2, 0.25) is 0 Å². The first-order chi connectivity index (χ1) is 21.2. The molecule has 1 saturated carbocycles. The molecule has 6 rings (SSSR count). The van der Waals surface area contributed by atoms with E-state index in [0.29, 0.717) is 48.0 Å². The van der Waals surface area contributed by atoms with Crippen LogP contribution in [0.4, 0.5) is 29.5 Å². The number of amides is 3. The Morgan fingerprint density at radius 2 is 1.68 bits per heavy atom. The summed E-state index contributed by atoms with van der Waals surface area (Å²) < 4.78 is 38.8. The van der Waals surface area contributed by atoms with Gasteiger partial charge in [0.15, 0.2) is 5.65 Å². The van der Waals surface area contributed by atoms with E-state index in [1.54, 1.807) is 46.5 Å². The number of aromatic nitrogens is 4. The largest absolute Gasteiger partial charge is 0.405 e. The summed E-state index contributed by atoms with van der Waals surface area (Å²) in [7, 11) is 0. The van der Waals surface area contributed by atoms with Crippen LogP contribution in [-0.4, -0.2) is 75.3 Å². The number of fused-ring (bicyclic) bond motifs is 1. The van der Waals surface area contributed by atoms with Gasteiger partial charge in [0.05, 0.1) is 18.1 Å². The van der Waals surface area contributed by atoms with Gasteiger partial charge < -0.3 is 20.4 Å². The van der Waals surface area contributed by atoms with E-state index in [9.17, 15) is 22.8 Å². The summed E-state index contributed by atoms with van der Waals surface area (Å²) in [4.78, 5) is 37.9. The first-order valence-electron chi connectivity index (χ1n) is 14.8. The van der Waals surface area contributed by atoms with Crippen molar-refractivity contribution in [2.24, 2.45) is 5.92 Å². The minimum atomic E-state index is -4.50. The number of nitrogens with zero attached hydrogens (tertiary/aromatic N) is 6. The highest BCUT2D eigenvalue weighted by atomic mass is 19.4. The molecule has 0 bridgehead atoms. The van der Waals surface area contributed by atoms with Gasteiger partial charge in [0.25, 0.3) is 0 Å². The Kier molecular flexibility index (Phi) is 8.36. The van der Waals surface area contributed by atoms with Crippen LogP contribution in [-0.2, 0) is 4.79 Å². The Balaban J connectivity index is 1.08. The van der Waals surface area contributed by atoms with Crippen LogP contribution in [0.3, 0.4) is 0 Å². The highest BCUT2D eigenvalue weighted by Gasteiger charge is 2.28. The maximum Gasteiger partial charge on any atom is 0.405 e. The first kappa shape index (κ1) is 29.4. The number of carbonyl (C=O) groups is 2. The molecule has 0 unspecified atom stereocenters.